The minimum atomic E-state index is -0.905. The fourth-order valence-electron chi connectivity index (χ4n) is 5.17. The van der Waals surface area contributed by atoms with Gasteiger partial charge in [-0.05, 0) is 61.2 Å². The molecule has 0 N–H and O–H groups in total. The number of carbonyl (C=O) groups excluding carboxylic acids is 2. The highest BCUT2D eigenvalue weighted by atomic mass is 19.2. The second-order valence-electron chi connectivity index (χ2n) is 9.82. The van der Waals surface area contributed by atoms with Gasteiger partial charge in [0.25, 0.3) is 5.91 Å². The molecule has 0 bridgehead atoms. The van der Waals surface area contributed by atoms with E-state index in [2.05, 4.69) is 9.88 Å². The Morgan fingerprint density at radius 2 is 1.89 bits per heavy atom. The zero-order valence-corrected chi connectivity index (χ0v) is 20.9. The third kappa shape index (κ3) is 5.19. The van der Waals surface area contributed by atoms with E-state index in [0.717, 1.165) is 36.0 Å². The smallest absolute Gasteiger partial charge is 0.276 e. The normalized spacial score (nSPS) is 17.6. The molecule has 37 heavy (non-hydrogen) atoms. The standard InChI is InChI=1S/C29H29F2N3O3/c1-18(15-19(2)35)20-3-5-22(6-4-20)37-23-10-13-33(17-23)21-9-12-32-26(16-21)29(36)34-14-11-24-27(34)8-7-25(30)28(24)31/h3-9,12,16,18,23H,10-11,13-15,17H2,1-2H3/t18-,23-/m1/s1. The van der Waals surface area contributed by atoms with Crippen LogP contribution in [0.2, 0.25) is 0 Å². The molecule has 1 fully saturated rings. The van der Waals surface area contributed by atoms with Gasteiger partial charge in [-0.2, -0.15) is 0 Å². The molecule has 0 saturated carbocycles. The second-order valence-corrected chi connectivity index (χ2v) is 9.82. The van der Waals surface area contributed by atoms with Crippen LogP contribution in [-0.2, 0) is 11.2 Å². The van der Waals surface area contributed by atoms with Crippen LogP contribution in [0.4, 0.5) is 20.2 Å². The number of hydrogen-bond donors (Lipinski definition) is 0. The molecule has 3 heterocycles. The summed E-state index contributed by atoms with van der Waals surface area (Å²) in [5, 5.41) is 0. The molecule has 0 spiro atoms. The van der Waals surface area contributed by atoms with E-state index < -0.39 is 11.6 Å². The van der Waals surface area contributed by atoms with Crippen molar-refractivity contribution in [3.05, 3.63) is 83.2 Å². The summed E-state index contributed by atoms with van der Waals surface area (Å²) >= 11 is 0. The van der Waals surface area contributed by atoms with Crippen LogP contribution in [0.3, 0.4) is 0 Å². The van der Waals surface area contributed by atoms with E-state index >= 15 is 0 Å². The summed E-state index contributed by atoms with van der Waals surface area (Å²) in [5.41, 5.74) is 2.85. The molecular weight excluding hydrogens is 476 g/mol. The Balaban J connectivity index is 1.23. The number of hydrogen-bond acceptors (Lipinski definition) is 5. The fraction of sp³-hybridized carbons (Fsp3) is 0.345. The number of rotatable bonds is 7. The van der Waals surface area contributed by atoms with Crippen LogP contribution in [0, 0.1) is 11.6 Å². The quantitative estimate of drug-likeness (QED) is 0.436. The van der Waals surface area contributed by atoms with Gasteiger partial charge in [0.05, 0.1) is 12.2 Å². The number of halogens is 2. The molecule has 3 aromatic rings. The lowest BCUT2D eigenvalue weighted by atomic mass is 9.96. The third-order valence-electron chi connectivity index (χ3n) is 7.11. The van der Waals surface area contributed by atoms with E-state index in [-0.39, 0.29) is 47.9 Å². The van der Waals surface area contributed by atoms with Crippen LogP contribution in [0.25, 0.3) is 0 Å². The van der Waals surface area contributed by atoms with Gasteiger partial charge in [0.1, 0.15) is 23.3 Å². The molecule has 0 unspecified atom stereocenters. The van der Waals surface area contributed by atoms with E-state index in [0.29, 0.717) is 18.7 Å². The minimum Gasteiger partial charge on any atom is -0.489 e. The maximum Gasteiger partial charge on any atom is 0.276 e. The van der Waals surface area contributed by atoms with E-state index in [9.17, 15) is 18.4 Å². The summed E-state index contributed by atoms with van der Waals surface area (Å²) < 4.78 is 33.9. The number of anilines is 2. The van der Waals surface area contributed by atoms with Crippen molar-refractivity contribution in [2.75, 3.05) is 29.4 Å². The van der Waals surface area contributed by atoms with Crippen molar-refractivity contribution in [1.29, 1.82) is 0 Å². The molecule has 1 aromatic heterocycles. The predicted molar refractivity (Wildman–Crippen MR) is 137 cm³/mol. The highest BCUT2D eigenvalue weighted by Gasteiger charge is 2.31. The molecule has 2 aromatic carbocycles. The number of benzene rings is 2. The van der Waals surface area contributed by atoms with Gasteiger partial charge in [0.2, 0.25) is 0 Å². The number of amides is 1. The lowest BCUT2D eigenvalue weighted by Crippen LogP contribution is -2.30. The van der Waals surface area contributed by atoms with Gasteiger partial charge in [-0.3, -0.25) is 9.78 Å². The molecule has 0 aliphatic carbocycles. The van der Waals surface area contributed by atoms with Crippen LogP contribution >= 0.6 is 0 Å². The van der Waals surface area contributed by atoms with Gasteiger partial charge in [-0.1, -0.05) is 19.1 Å². The molecule has 2 aliphatic rings. The summed E-state index contributed by atoms with van der Waals surface area (Å²) in [5.74, 6) is -0.999. The van der Waals surface area contributed by atoms with E-state index in [1.165, 1.54) is 11.0 Å². The Morgan fingerprint density at radius 3 is 2.65 bits per heavy atom. The van der Waals surface area contributed by atoms with E-state index in [1.807, 2.05) is 37.3 Å². The minimum absolute atomic E-state index is 0.00357. The lowest BCUT2D eigenvalue weighted by Gasteiger charge is -2.21. The molecule has 6 nitrogen and oxygen atoms in total. The van der Waals surface area contributed by atoms with Crippen molar-refractivity contribution >= 4 is 23.1 Å². The Labute approximate surface area is 214 Å². The molecule has 0 radical (unpaired) electrons. The Kier molecular flexibility index (Phi) is 6.91. The number of ether oxygens (including phenoxy) is 1. The number of carbonyl (C=O) groups is 2. The van der Waals surface area contributed by atoms with Gasteiger partial charge >= 0.3 is 0 Å². The number of pyridine rings is 1. The average Bonchev–Trinajstić information content (AvgIpc) is 3.54. The third-order valence-corrected chi connectivity index (χ3v) is 7.11. The first-order valence-corrected chi connectivity index (χ1v) is 12.6. The summed E-state index contributed by atoms with van der Waals surface area (Å²) in [6.45, 7) is 5.37. The van der Waals surface area contributed by atoms with Crippen molar-refractivity contribution in [2.24, 2.45) is 0 Å². The van der Waals surface area contributed by atoms with Crippen molar-refractivity contribution < 1.29 is 23.1 Å². The van der Waals surface area contributed by atoms with Crippen LogP contribution in [0.5, 0.6) is 5.75 Å². The van der Waals surface area contributed by atoms with Crippen molar-refractivity contribution in [3.63, 3.8) is 0 Å². The largest absolute Gasteiger partial charge is 0.489 e. The average molecular weight is 506 g/mol. The van der Waals surface area contributed by atoms with E-state index in [4.69, 9.17) is 4.74 Å². The van der Waals surface area contributed by atoms with Crippen molar-refractivity contribution in [3.8, 4) is 5.75 Å². The summed E-state index contributed by atoms with van der Waals surface area (Å²) in [4.78, 5) is 32.5. The van der Waals surface area contributed by atoms with Crippen LogP contribution < -0.4 is 14.5 Å². The number of fused-ring (bicyclic) bond motifs is 1. The lowest BCUT2D eigenvalue weighted by molar-refractivity contribution is -0.117. The molecular formula is C29H29F2N3O3. The van der Waals surface area contributed by atoms with Gasteiger partial charge in [0.15, 0.2) is 11.6 Å². The summed E-state index contributed by atoms with van der Waals surface area (Å²) in [6.07, 6.45) is 3.22. The van der Waals surface area contributed by atoms with E-state index in [1.54, 1.807) is 19.2 Å². The molecule has 2 aliphatic heterocycles. The van der Waals surface area contributed by atoms with Crippen LogP contribution in [-0.4, -0.2) is 42.4 Å². The molecule has 192 valence electrons. The molecule has 1 amide bonds. The first-order valence-electron chi connectivity index (χ1n) is 12.6. The Bertz CT molecular complexity index is 1330. The molecule has 5 rings (SSSR count). The number of ketones is 1. The zero-order valence-electron chi connectivity index (χ0n) is 20.9. The van der Waals surface area contributed by atoms with Crippen molar-refractivity contribution in [2.45, 2.75) is 45.1 Å². The van der Waals surface area contributed by atoms with Gasteiger partial charge in [0, 0.05) is 43.4 Å². The predicted octanol–water partition coefficient (Wildman–Crippen LogP) is 5.30. The second kappa shape index (κ2) is 10.3. The van der Waals surface area contributed by atoms with Gasteiger partial charge in [-0.25, -0.2) is 8.78 Å². The maximum absolute atomic E-state index is 14.1. The maximum atomic E-state index is 14.1. The van der Waals surface area contributed by atoms with Gasteiger partial charge < -0.3 is 19.3 Å². The summed E-state index contributed by atoms with van der Waals surface area (Å²) in [6, 6.07) is 14.0. The van der Waals surface area contributed by atoms with Crippen LogP contribution in [0.15, 0.2) is 54.7 Å². The summed E-state index contributed by atoms with van der Waals surface area (Å²) in [7, 11) is 0. The SMILES string of the molecule is CC(=O)C[C@@H](C)c1ccc(O[C@@H]2CCN(c3ccnc(C(=O)N4CCc5c4ccc(F)c5F)c3)C2)cc1. The highest BCUT2D eigenvalue weighted by molar-refractivity contribution is 6.06. The highest BCUT2D eigenvalue weighted by Crippen LogP contribution is 2.33. The Hall–Kier alpha value is -3.81. The fourth-order valence-corrected chi connectivity index (χ4v) is 5.17. The van der Waals surface area contributed by atoms with Gasteiger partial charge in [-0.15, -0.1) is 0 Å². The molecule has 2 atom stereocenters. The topological polar surface area (TPSA) is 62.7 Å². The number of Topliss-reactive ketones (excluding diaryl/α,β-unsaturated/α-hetero) is 1. The monoisotopic (exact) mass is 505 g/mol. The molecule has 1 saturated heterocycles. The molecule has 8 heteroatoms. The number of aromatic nitrogens is 1. The van der Waals surface area contributed by atoms with Crippen LogP contribution in [0.1, 0.15) is 54.2 Å². The van der Waals surface area contributed by atoms with Crippen molar-refractivity contribution in [1.82, 2.24) is 4.98 Å². The first-order chi connectivity index (χ1) is 17.8. The Morgan fingerprint density at radius 1 is 1.11 bits per heavy atom. The first kappa shape index (κ1) is 24.9. The zero-order chi connectivity index (χ0) is 26.1. The number of nitrogens with zero attached hydrogens (tertiary/aromatic N) is 3.